The van der Waals surface area contributed by atoms with Crippen LogP contribution in [0.15, 0.2) is 48.5 Å². The van der Waals surface area contributed by atoms with E-state index in [4.69, 9.17) is 4.74 Å². The van der Waals surface area contributed by atoms with Crippen molar-refractivity contribution >= 4 is 21.6 Å². The summed E-state index contributed by atoms with van der Waals surface area (Å²) in [5, 5.41) is 2.63. The van der Waals surface area contributed by atoms with Crippen LogP contribution in [-0.2, 0) is 27.0 Å². The van der Waals surface area contributed by atoms with E-state index in [1.165, 1.54) is 0 Å². The van der Waals surface area contributed by atoms with Gasteiger partial charge in [-0.1, -0.05) is 31.2 Å². The van der Waals surface area contributed by atoms with E-state index in [0.717, 1.165) is 17.5 Å². The average molecular weight is 362 g/mol. The van der Waals surface area contributed by atoms with Crippen LogP contribution >= 0.6 is 0 Å². The highest BCUT2D eigenvalue weighted by atomic mass is 32.2. The lowest BCUT2D eigenvalue weighted by Crippen LogP contribution is -2.33. The summed E-state index contributed by atoms with van der Waals surface area (Å²) in [6, 6.07) is 14.2. The molecule has 0 spiro atoms. The number of methoxy groups -OCH3 is 1. The zero-order valence-electron chi connectivity index (χ0n) is 14.3. The molecule has 134 valence electrons. The Hall–Kier alpha value is -2.38. The molecule has 6 nitrogen and oxygen atoms in total. The molecular weight excluding hydrogens is 340 g/mol. The second-order valence-electron chi connectivity index (χ2n) is 5.48. The SMILES string of the molecule is CCc1ccccc1CS(=O)(=O)NCC(=O)Nc1ccc(OC)cc1. The van der Waals surface area contributed by atoms with Crippen LogP contribution < -0.4 is 14.8 Å². The Bertz CT molecular complexity index is 817. The first-order chi connectivity index (χ1) is 11.9. The number of amides is 1. The lowest BCUT2D eigenvalue weighted by Gasteiger charge is -2.10. The summed E-state index contributed by atoms with van der Waals surface area (Å²) in [5.41, 5.74) is 2.30. The number of hydrogen-bond acceptors (Lipinski definition) is 4. The zero-order chi connectivity index (χ0) is 18.3. The lowest BCUT2D eigenvalue weighted by atomic mass is 10.1. The summed E-state index contributed by atoms with van der Waals surface area (Å²) in [6.07, 6.45) is 0.754. The molecule has 0 aliphatic rings. The molecule has 1 amide bonds. The monoisotopic (exact) mass is 362 g/mol. The molecule has 0 heterocycles. The Kier molecular flexibility index (Phi) is 6.55. The van der Waals surface area contributed by atoms with Gasteiger partial charge in [-0.25, -0.2) is 13.1 Å². The van der Waals surface area contributed by atoms with Gasteiger partial charge in [-0.3, -0.25) is 4.79 Å². The van der Waals surface area contributed by atoms with Gasteiger partial charge in [0.15, 0.2) is 0 Å². The molecule has 0 aromatic heterocycles. The lowest BCUT2D eigenvalue weighted by molar-refractivity contribution is -0.115. The number of rotatable bonds is 8. The summed E-state index contributed by atoms with van der Waals surface area (Å²) in [6.45, 7) is 1.66. The molecule has 2 aromatic rings. The molecule has 0 fully saturated rings. The number of sulfonamides is 1. The molecule has 0 saturated heterocycles. The molecule has 0 aliphatic carbocycles. The van der Waals surface area contributed by atoms with Gasteiger partial charge in [0.2, 0.25) is 15.9 Å². The fourth-order valence-electron chi connectivity index (χ4n) is 2.35. The number of benzene rings is 2. The van der Waals surface area contributed by atoms with E-state index in [0.29, 0.717) is 11.4 Å². The minimum atomic E-state index is -3.60. The van der Waals surface area contributed by atoms with Gasteiger partial charge in [0.05, 0.1) is 19.4 Å². The smallest absolute Gasteiger partial charge is 0.239 e. The fraction of sp³-hybridized carbons (Fsp3) is 0.278. The van der Waals surface area contributed by atoms with Crippen LogP contribution in [0.2, 0.25) is 0 Å². The van der Waals surface area contributed by atoms with Gasteiger partial charge in [-0.15, -0.1) is 0 Å². The Morgan fingerprint density at radius 3 is 2.28 bits per heavy atom. The van der Waals surface area contributed by atoms with Crippen LogP contribution in [0.5, 0.6) is 5.75 Å². The molecule has 2 N–H and O–H groups in total. The van der Waals surface area contributed by atoms with Gasteiger partial charge in [-0.05, 0) is 41.8 Å². The largest absolute Gasteiger partial charge is 0.497 e. The van der Waals surface area contributed by atoms with Crippen molar-refractivity contribution in [2.75, 3.05) is 19.0 Å². The summed E-state index contributed by atoms with van der Waals surface area (Å²) in [7, 11) is -2.04. The Morgan fingerprint density at radius 1 is 1.04 bits per heavy atom. The number of anilines is 1. The number of carbonyl (C=O) groups is 1. The van der Waals surface area contributed by atoms with Gasteiger partial charge in [-0.2, -0.15) is 0 Å². The minimum absolute atomic E-state index is 0.146. The fourth-order valence-corrected chi connectivity index (χ4v) is 3.50. The van der Waals surface area contributed by atoms with Crippen LogP contribution in [0.1, 0.15) is 18.1 Å². The van der Waals surface area contributed by atoms with Gasteiger partial charge in [0.1, 0.15) is 5.75 Å². The number of ether oxygens (including phenoxy) is 1. The highest BCUT2D eigenvalue weighted by Gasteiger charge is 2.15. The van der Waals surface area contributed by atoms with Gasteiger partial charge in [0, 0.05) is 5.69 Å². The molecule has 0 bridgehead atoms. The first-order valence-electron chi connectivity index (χ1n) is 7.91. The highest BCUT2D eigenvalue weighted by molar-refractivity contribution is 7.88. The highest BCUT2D eigenvalue weighted by Crippen LogP contribution is 2.15. The summed E-state index contributed by atoms with van der Waals surface area (Å²) < 4.78 is 31.8. The van der Waals surface area contributed by atoms with Gasteiger partial charge in [0.25, 0.3) is 0 Å². The van der Waals surface area contributed by atoms with Crippen molar-refractivity contribution in [2.24, 2.45) is 0 Å². The van der Waals surface area contributed by atoms with Crippen LogP contribution in [0.3, 0.4) is 0 Å². The summed E-state index contributed by atoms with van der Waals surface area (Å²) >= 11 is 0. The molecule has 0 atom stereocenters. The van der Waals surface area contributed by atoms with Gasteiger partial charge < -0.3 is 10.1 Å². The average Bonchev–Trinajstić information content (AvgIpc) is 2.61. The van der Waals surface area contributed by atoms with Crippen LogP contribution in [0.25, 0.3) is 0 Å². The van der Waals surface area contributed by atoms with E-state index in [2.05, 4.69) is 10.0 Å². The first-order valence-corrected chi connectivity index (χ1v) is 9.56. The molecule has 0 unspecified atom stereocenters. The molecular formula is C18H22N2O4S. The second kappa shape index (κ2) is 8.64. The van der Waals surface area contributed by atoms with Crippen molar-refractivity contribution in [2.45, 2.75) is 19.1 Å². The topological polar surface area (TPSA) is 84.5 Å². The van der Waals surface area contributed by atoms with Crippen molar-refractivity contribution in [1.82, 2.24) is 4.72 Å². The van der Waals surface area contributed by atoms with E-state index in [1.54, 1.807) is 43.5 Å². The van der Waals surface area contributed by atoms with Crippen molar-refractivity contribution in [3.8, 4) is 5.75 Å². The van der Waals surface area contributed by atoms with Crippen LogP contribution in [0, 0.1) is 0 Å². The molecule has 25 heavy (non-hydrogen) atoms. The van der Waals surface area contributed by atoms with Gasteiger partial charge >= 0.3 is 0 Å². The molecule has 0 radical (unpaired) electrons. The Labute approximate surface area is 148 Å². The third-order valence-corrected chi connectivity index (χ3v) is 4.95. The van der Waals surface area contributed by atoms with Crippen molar-refractivity contribution in [1.29, 1.82) is 0 Å². The predicted molar refractivity (Wildman–Crippen MR) is 98.1 cm³/mol. The minimum Gasteiger partial charge on any atom is -0.497 e. The zero-order valence-corrected chi connectivity index (χ0v) is 15.1. The maximum atomic E-state index is 12.2. The summed E-state index contributed by atoms with van der Waals surface area (Å²) in [5.74, 6) is 0.0955. The number of aryl methyl sites for hydroxylation is 1. The maximum absolute atomic E-state index is 12.2. The number of nitrogens with one attached hydrogen (secondary N) is 2. The second-order valence-corrected chi connectivity index (χ2v) is 7.29. The Balaban J connectivity index is 1.91. The van der Waals surface area contributed by atoms with Crippen molar-refractivity contribution < 1.29 is 17.9 Å². The third kappa shape index (κ3) is 5.88. The van der Waals surface area contributed by atoms with Crippen molar-refractivity contribution in [3.05, 3.63) is 59.7 Å². The molecule has 7 heteroatoms. The van der Waals surface area contributed by atoms with E-state index in [9.17, 15) is 13.2 Å². The first kappa shape index (κ1) is 19.0. The predicted octanol–water partition coefficient (Wildman–Crippen LogP) is 2.32. The molecule has 2 rings (SSSR count). The summed E-state index contributed by atoms with van der Waals surface area (Å²) in [4.78, 5) is 11.9. The molecule has 2 aromatic carbocycles. The maximum Gasteiger partial charge on any atom is 0.239 e. The van der Waals surface area contributed by atoms with E-state index >= 15 is 0 Å². The third-order valence-electron chi connectivity index (χ3n) is 3.67. The van der Waals surface area contributed by atoms with E-state index < -0.39 is 15.9 Å². The number of carbonyl (C=O) groups excluding carboxylic acids is 1. The Morgan fingerprint density at radius 2 is 1.68 bits per heavy atom. The van der Waals surface area contributed by atoms with Crippen LogP contribution in [-0.4, -0.2) is 28.0 Å². The molecule has 0 aliphatic heterocycles. The standard InChI is InChI=1S/C18H22N2O4S/c1-3-14-6-4-5-7-15(14)13-25(22,23)19-12-18(21)20-16-8-10-17(24-2)11-9-16/h4-11,19H,3,12-13H2,1-2H3,(H,20,21). The van der Waals surface area contributed by atoms with E-state index in [-0.39, 0.29) is 12.3 Å². The molecule has 0 saturated carbocycles. The van der Waals surface area contributed by atoms with Crippen molar-refractivity contribution in [3.63, 3.8) is 0 Å². The van der Waals surface area contributed by atoms with E-state index in [1.807, 2.05) is 19.1 Å². The number of hydrogen-bond donors (Lipinski definition) is 2. The normalized spacial score (nSPS) is 11.1. The quantitative estimate of drug-likeness (QED) is 0.755. The van der Waals surface area contributed by atoms with Crippen LogP contribution in [0.4, 0.5) is 5.69 Å².